The first kappa shape index (κ1) is 61.3. The zero-order valence-electron chi connectivity index (χ0n) is 44.4. The maximum Gasteiger partial charge on any atom is 0.312 e. The van der Waals surface area contributed by atoms with E-state index in [-0.39, 0.29) is 108 Å². The molecule has 1 aromatic carbocycles. The quantitative estimate of drug-likeness (QED) is 0.0295. The molecule has 2 aromatic heterocycles. The Balaban J connectivity index is 1.14. The molecule has 1 aliphatic rings. The van der Waals surface area contributed by atoms with Gasteiger partial charge in [-0.1, -0.05) is 51.5 Å². The van der Waals surface area contributed by atoms with Crippen LogP contribution >= 0.6 is 0 Å². The van der Waals surface area contributed by atoms with Crippen LogP contribution in [0.25, 0.3) is 11.0 Å². The van der Waals surface area contributed by atoms with Crippen LogP contribution in [0, 0.1) is 5.92 Å². The fourth-order valence-corrected chi connectivity index (χ4v) is 7.69. The van der Waals surface area contributed by atoms with Crippen LogP contribution in [0.5, 0.6) is 5.88 Å². The smallest absolute Gasteiger partial charge is 0.312 e. The molecule has 4 rings (SSSR count). The summed E-state index contributed by atoms with van der Waals surface area (Å²) in [4.78, 5) is 105. The highest BCUT2D eigenvalue weighted by Gasteiger charge is 2.29. The minimum atomic E-state index is -1.01. The van der Waals surface area contributed by atoms with Gasteiger partial charge < -0.3 is 66.9 Å². The number of hydrogen-bond donors (Lipinski definition) is 8. The van der Waals surface area contributed by atoms with E-state index in [1.165, 1.54) is 12.2 Å². The molecule has 418 valence electrons. The normalized spacial score (nSPS) is 13.0. The summed E-state index contributed by atoms with van der Waals surface area (Å²) in [6.45, 7) is 12.5. The molecule has 9 amide bonds. The number of benzene rings is 1. The molecule has 1 aliphatic heterocycles. The molecular formula is C51H77N13O12. The average Bonchev–Trinajstić information content (AvgIpc) is 3.91. The molecule has 76 heavy (non-hydrogen) atoms. The Hall–Kier alpha value is -7.25. The predicted octanol–water partition coefficient (Wildman–Crippen LogP) is 1.04. The van der Waals surface area contributed by atoms with Crippen molar-refractivity contribution in [2.24, 2.45) is 11.7 Å². The molecular weight excluding hydrogens is 987 g/mol. The Morgan fingerprint density at radius 2 is 1.29 bits per heavy atom. The molecule has 0 fully saturated rings. The van der Waals surface area contributed by atoms with Crippen molar-refractivity contribution in [1.29, 1.82) is 0 Å². The first-order valence-electron chi connectivity index (χ1n) is 25.9. The Bertz CT molecular complexity index is 2410. The van der Waals surface area contributed by atoms with Crippen molar-refractivity contribution >= 4 is 64.2 Å². The van der Waals surface area contributed by atoms with Gasteiger partial charge in [-0.05, 0) is 56.6 Å². The number of aryl methyl sites for hydroxylation is 1. The number of fused-ring (bicyclic) bond motifs is 1. The van der Waals surface area contributed by atoms with Crippen LogP contribution in [0.15, 0.2) is 36.4 Å². The zero-order chi connectivity index (χ0) is 55.4. The number of nitrogen functional groups attached to an aromatic ring is 1. The van der Waals surface area contributed by atoms with Gasteiger partial charge in [0.2, 0.25) is 29.5 Å². The molecule has 10 N–H and O–H groups in total. The molecule has 0 spiro atoms. The number of unbranched alkanes of at least 4 members (excludes halogenated alkanes) is 1. The molecule has 0 radical (unpaired) electrons. The van der Waals surface area contributed by atoms with E-state index in [9.17, 15) is 38.4 Å². The van der Waals surface area contributed by atoms with Gasteiger partial charge in [0.05, 0.1) is 45.7 Å². The largest absolute Gasteiger partial charge is 0.472 e. The molecule has 0 bridgehead atoms. The maximum atomic E-state index is 13.7. The minimum absolute atomic E-state index is 0.00408. The standard InChI is InChI=1S/C51H77N13O12/c1-6-7-11-38-59-45-46(50(76-34(4)5)62-61-47(45)52)64(38)32-36-16-14-35(15-17-36)31-57-48(70)37(10-9-21-56-51(53)72)58-49(71)44(33(2)3)60-41(67)13-8-12-39(65)54-22-25-73-27-29-75-30-28-74-26-23-55-40(66)20-24-63-42(68)18-19-43(63)69/h14-19,33-34,37,44H,6-13,20-32H2,1-5H3,(H2,52,61)(H,54,65)(H,55,66)(H,57,70)(H,58,71)(H,60,67)(H3,53,56,72)/t37-,44-/m0/s1. The number of rotatable bonds is 37. The number of urea groups is 1. The van der Waals surface area contributed by atoms with Gasteiger partial charge in [-0.15, -0.1) is 10.2 Å². The lowest BCUT2D eigenvalue weighted by atomic mass is 10.0. The number of aromatic nitrogens is 4. The number of imide groups is 1. The van der Waals surface area contributed by atoms with Gasteiger partial charge in [0.25, 0.3) is 17.7 Å². The molecule has 25 heteroatoms. The third-order valence-corrected chi connectivity index (χ3v) is 11.7. The number of nitrogens with two attached hydrogens (primary N) is 2. The number of primary amides is 1. The SMILES string of the molecule is CCCCc1nc2c(N)nnc(OC(C)C)c2n1Cc1ccc(CNC(=O)[C@H](CCCNC(N)=O)NC(=O)[C@@H](NC(=O)CCCC(=O)NCCOCCOCCOCCNC(=O)CCN2C(=O)C=CC2=O)C(C)C)cc1. The van der Waals surface area contributed by atoms with Crippen molar-refractivity contribution in [2.45, 2.75) is 124 Å². The number of imidazole rings is 1. The summed E-state index contributed by atoms with van der Waals surface area (Å²) < 4.78 is 24.4. The Labute approximate surface area is 443 Å². The van der Waals surface area contributed by atoms with Crippen molar-refractivity contribution in [2.75, 3.05) is 71.6 Å². The Kier molecular flexibility index (Phi) is 26.6. The Morgan fingerprint density at radius 1 is 0.684 bits per heavy atom. The third kappa shape index (κ3) is 21.5. The van der Waals surface area contributed by atoms with Gasteiger partial charge in [0.15, 0.2) is 5.82 Å². The lowest BCUT2D eigenvalue weighted by molar-refractivity contribution is -0.137. The number of ether oxygens (including phenoxy) is 4. The number of hydrogen-bond acceptors (Lipinski definition) is 16. The highest BCUT2D eigenvalue weighted by molar-refractivity contribution is 6.13. The first-order valence-corrected chi connectivity index (χ1v) is 25.9. The topological polar surface area (TPSA) is 345 Å². The van der Waals surface area contributed by atoms with Crippen LogP contribution in [-0.2, 0) is 67.3 Å². The number of nitrogens with one attached hydrogen (secondary N) is 6. The van der Waals surface area contributed by atoms with E-state index in [1.54, 1.807) is 13.8 Å². The van der Waals surface area contributed by atoms with E-state index in [0.717, 1.165) is 41.1 Å². The summed E-state index contributed by atoms with van der Waals surface area (Å²) >= 11 is 0. The fourth-order valence-electron chi connectivity index (χ4n) is 7.69. The second kappa shape index (κ2) is 32.9. The highest BCUT2D eigenvalue weighted by atomic mass is 16.5. The van der Waals surface area contributed by atoms with E-state index in [1.807, 2.05) is 38.1 Å². The van der Waals surface area contributed by atoms with Crippen LogP contribution in [0.1, 0.15) is 103 Å². The van der Waals surface area contributed by atoms with Crippen LogP contribution in [0.3, 0.4) is 0 Å². The summed E-state index contributed by atoms with van der Waals surface area (Å²) in [5.41, 5.74) is 14.4. The number of carbonyl (C=O) groups is 8. The van der Waals surface area contributed by atoms with E-state index >= 15 is 0 Å². The van der Waals surface area contributed by atoms with Crippen LogP contribution < -0.4 is 48.1 Å². The van der Waals surface area contributed by atoms with Crippen molar-refractivity contribution in [3.8, 4) is 5.88 Å². The zero-order valence-corrected chi connectivity index (χ0v) is 44.4. The van der Waals surface area contributed by atoms with Gasteiger partial charge in [-0.25, -0.2) is 9.78 Å². The molecule has 3 aromatic rings. The fraction of sp³-hybridized carbons (Fsp3) is 0.588. The molecule has 0 saturated carbocycles. The Morgan fingerprint density at radius 3 is 1.89 bits per heavy atom. The molecule has 0 aliphatic carbocycles. The summed E-state index contributed by atoms with van der Waals surface area (Å²) in [6, 6.07) is 5.02. The van der Waals surface area contributed by atoms with Crippen molar-refractivity contribution < 1.29 is 57.3 Å². The number of carbonyl (C=O) groups excluding carboxylic acids is 8. The predicted molar refractivity (Wildman–Crippen MR) is 280 cm³/mol. The summed E-state index contributed by atoms with van der Waals surface area (Å²) in [7, 11) is 0. The van der Waals surface area contributed by atoms with Gasteiger partial charge in [0.1, 0.15) is 28.9 Å². The summed E-state index contributed by atoms with van der Waals surface area (Å²) in [5, 5.41) is 24.7. The molecule has 25 nitrogen and oxygen atoms in total. The number of amides is 9. The highest BCUT2D eigenvalue weighted by Crippen LogP contribution is 2.30. The monoisotopic (exact) mass is 1060 g/mol. The maximum absolute atomic E-state index is 13.7. The number of anilines is 1. The number of nitrogens with zero attached hydrogens (tertiary/aromatic N) is 5. The summed E-state index contributed by atoms with van der Waals surface area (Å²) in [6.07, 6.45) is 5.59. The second-order valence-electron chi connectivity index (χ2n) is 18.6. The summed E-state index contributed by atoms with van der Waals surface area (Å²) in [5.74, 6) is -1.81. The van der Waals surface area contributed by atoms with Gasteiger partial charge in [-0.2, -0.15) is 0 Å². The van der Waals surface area contributed by atoms with Crippen molar-refractivity contribution in [3.05, 3.63) is 53.4 Å². The van der Waals surface area contributed by atoms with Crippen molar-refractivity contribution in [3.63, 3.8) is 0 Å². The lowest BCUT2D eigenvalue weighted by Crippen LogP contribution is -2.55. The first-order chi connectivity index (χ1) is 36.5. The van der Waals surface area contributed by atoms with E-state index in [2.05, 4.69) is 53.6 Å². The van der Waals surface area contributed by atoms with Gasteiger partial charge in [0, 0.05) is 77.1 Å². The second-order valence-corrected chi connectivity index (χ2v) is 18.6. The molecule has 0 unspecified atom stereocenters. The van der Waals surface area contributed by atoms with Crippen LogP contribution in [0.2, 0.25) is 0 Å². The van der Waals surface area contributed by atoms with E-state index in [0.29, 0.717) is 56.3 Å². The van der Waals surface area contributed by atoms with Crippen LogP contribution in [-0.4, -0.2) is 156 Å². The van der Waals surface area contributed by atoms with E-state index < -0.39 is 47.7 Å². The molecule has 0 saturated heterocycles. The van der Waals surface area contributed by atoms with Crippen molar-refractivity contribution in [1.82, 2.24) is 56.5 Å². The molecule has 3 heterocycles. The van der Waals surface area contributed by atoms with Gasteiger partial charge >= 0.3 is 6.03 Å². The lowest BCUT2D eigenvalue weighted by Gasteiger charge is -2.25. The molecule has 2 atom stereocenters. The van der Waals surface area contributed by atoms with E-state index in [4.69, 9.17) is 35.4 Å². The average molecular weight is 1060 g/mol. The van der Waals surface area contributed by atoms with Gasteiger partial charge in [-0.3, -0.25) is 38.5 Å². The minimum Gasteiger partial charge on any atom is -0.472 e. The van der Waals surface area contributed by atoms with Crippen LogP contribution in [0.4, 0.5) is 10.6 Å². The third-order valence-electron chi connectivity index (χ3n) is 11.7.